The molecule has 2 heterocycles. The normalized spacial score (nSPS) is 22.8. The van der Waals surface area contributed by atoms with E-state index in [0.717, 1.165) is 33.5 Å². The van der Waals surface area contributed by atoms with Gasteiger partial charge < -0.3 is 19.3 Å². The van der Waals surface area contributed by atoms with Crippen LogP contribution in [-0.4, -0.2) is 26.1 Å². The molecule has 6 rings (SSSR count). The summed E-state index contributed by atoms with van der Waals surface area (Å²) in [6.45, 7) is 3.98. The third-order valence-electron chi connectivity index (χ3n) is 6.95. The SMILES string of the molecule is CC12C=c3cc4c(cc3=CC1OCN(c1ccc(I)c(F)c1)C2)OCN(c1ccc(F)c(F)c1)C4. The minimum Gasteiger partial charge on any atom is -0.473 e. The smallest absolute Gasteiger partial charge is 0.161 e. The van der Waals surface area contributed by atoms with Crippen molar-refractivity contribution in [2.75, 3.05) is 29.8 Å². The number of halogens is 4. The number of fused-ring (bicyclic) bond motifs is 3. The molecule has 35 heavy (non-hydrogen) atoms. The van der Waals surface area contributed by atoms with Crippen LogP contribution in [0.2, 0.25) is 0 Å². The standard InChI is InChI=1S/C27H22F3IN2O2/c1-27-11-17-6-18-12-32(19-2-4-21(28)22(29)9-19)14-34-25(18)7-16(17)8-26(27)35-15-33(13-27)20-3-5-24(31)23(30)10-20/h2-11,26H,12-15H2,1H3. The summed E-state index contributed by atoms with van der Waals surface area (Å²) in [5.74, 6) is -1.21. The zero-order valence-corrected chi connectivity index (χ0v) is 21.1. The molecule has 0 amide bonds. The van der Waals surface area contributed by atoms with Crippen molar-refractivity contribution in [3.05, 3.63) is 85.6 Å². The second kappa shape index (κ2) is 8.44. The van der Waals surface area contributed by atoms with Gasteiger partial charge in [0.25, 0.3) is 0 Å². The molecule has 4 nitrogen and oxygen atoms in total. The van der Waals surface area contributed by atoms with Gasteiger partial charge in [0.15, 0.2) is 18.4 Å². The van der Waals surface area contributed by atoms with Crippen LogP contribution < -0.4 is 25.0 Å². The maximum Gasteiger partial charge on any atom is 0.161 e. The van der Waals surface area contributed by atoms with Crippen molar-refractivity contribution in [1.82, 2.24) is 0 Å². The van der Waals surface area contributed by atoms with E-state index in [9.17, 15) is 13.2 Å². The highest BCUT2D eigenvalue weighted by Gasteiger charge is 2.39. The number of anilines is 2. The molecule has 2 atom stereocenters. The lowest BCUT2D eigenvalue weighted by atomic mass is 9.78. The largest absolute Gasteiger partial charge is 0.473 e. The van der Waals surface area contributed by atoms with Crippen LogP contribution in [0.25, 0.3) is 12.2 Å². The lowest BCUT2D eigenvalue weighted by Gasteiger charge is -2.45. The van der Waals surface area contributed by atoms with Crippen LogP contribution in [0.15, 0.2) is 48.5 Å². The number of hydrogen-bond acceptors (Lipinski definition) is 4. The van der Waals surface area contributed by atoms with Crippen LogP contribution in [0.5, 0.6) is 5.75 Å². The summed E-state index contributed by atoms with van der Waals surface area (Å²) in [6.07, 6.45) is 4.24. The minimum atomic E-state index is -0.879. The molecule has 0 aromatic heterocycles. The average Bonchev–Trinajstić information content (AvgIpc) is 2.84. The lowest BCUT2D eigenvalue weighted by molar-refractivity contribution is 0.00529. The Kier molecular flexibility index (Phi) is 5.48. The average molecular weight is 590 g/mol. The molecule has 3 aliphatic rings. The Morgan fingerprint density at radius 2 is 1.66 bits per heavy atom. The Hall–Kier alpha value is -2.72. The summed E-state index contributed by atoms with van der Waals surface area (Å²) >= 11 is 1.99. The maximum absolute atomic E-state index is 14.2. The fraction of sp³-hybridized carbons (Fsp3) is 0.259. The first kappa shape index (κ1) is 22.7. The van der Waals surface area contributed by atoms with Crippen LogP contribution >= 0.6 is 22.6 Å². The van der Waals surface area contributed by atoms with E-state index in [-0.39, 0.29) is 24.1 Å². The van der Waals surface area contributed by atoms with Crippen molar-refractivity contribution >= 4 is 46.1 Å². The Labute approximate surface area is 214 Å². The molecule has 1 aliphatic carbocycles. The number of nitrogens with zero attached hydrogens (tertiary/aromatic N) is 2. The fourth-order valence-electron chi connectivity index (χ4n) is 5.07. The van der Waals surface area contributed by atoms with E-state index < -0.39 is 11.6 Å². The predicted octanol–water partition coefficient (Wildman–Crippen LogP) is 4.51. The third kappa shape index (κ3) is 4.06. The Balaban J connectivity index is 1.32. The van der Waals surface area contributed by atoms with Gasteiger partial charge in [-0.1, -0.05) is 13.0 Å². The topological polar surface area (TPSA) is 24.9 Å². The molecular weight excluding hydrogens is 568 g/mol. The van der Waals surface area contributed by atoms with Crippen LogP contribution in [-0.2, 0) is 11.3 Å². The zero-order valence-electron chi connectivity index (χ0n) is 18.9. The van der Waals surface area contributed by atoms with E-state index in [1.54, 1.807) is 18.2 Å². The van der Waals surface area contributed by atoms with E-state index in [2.05, 4.69) is 30.0 Å². The third-order valence-corrected chi connectivity index (χ3v) is 7.82. The van der Waals surface area contributed by atoms with Gasteiger partial charge in [-0.05, 0) is 81.6 Å². The summed E-state index contributed by atoms with van der Waals surface area (Å²) in [7, 11) is 0. The summed E-state index contributed by atoms with van der Waals surface area (Å²) in [5, 5.41) is 2.11. The molecule has 180 valence electrons. The quantitative estimate of drug-likeness (QED) is 0.411. The summed E-state index contributed by atoms with van der Waals surface area (Å²) in [4.78, 5) is 3.92. The highest BCUT2D eigenvalue weighted by molar-refractivity contribution is 14.1. The molecule has 2 unspecified atom stereocenters. The molecule has 3 aromatic carbocycles. The first-order chi connectivity index (χ1) is 16.8. The minimum absolute atomic E-state index is 0.111. The van der Waals surface area contributed by atoms with Gasteiger partial charge in [-0.15, -0.1) is 0 Å². The number of benzene rings is 3. The summed E-state index contributed by atoms with van der Waals surface area (Å²) in [6, 6.07) is 13.2. The molecule has 2 aliphatic heterocycles. The van der Waals surface area contributed by atoms with Crippen molar-refractivity contribution in [3.8, 4) is 5.75 Å². The van der Waals surface area contributed by atoms with Gasteiger partial charge in [-0.25, -0.2) is 13.2 Å². The molecule has 1 fully saturated rings. The molecule has 0 N–H and O–H groups in total. The second-order valence-electron chi connectivity index (χ2n) is 9.49. The van der Waals surface area contributed by atoms with Crippen LogP contribution in [0, 0.1) is 26.4 Å². The van der Waals surface area contributed by atoms with Crippen molar-refractivity contribution in [2.24, 2.45) is 5.41 Å². The van der Waals surface area contributed by atoms with Gasteiger partial charge in [0.05, 0.1) is 6.10 Å². The van der Waals surface area contributed by atoms with E-state index in [1.165, 1.54) is 6.07 Å². The Morgan fingerprint density at radius 3 is 2.46 bits per heavy atom. The molecule has 0 radical (unpaired) electrons. The van der Waals surface area contributed by atoms with Crippen molar-refractivity contribution in [2.45, 2.75) is 19.6 Å². The highest BCUT2D eigenvalue weighted by Crippen LogP contribution is 2.37. The van der Waals surface area contributed by atoms with Gasteiger partial charge in [0.2, 0.25) is 0 Å². The number of hydrogen-bond donors (Lipinski definition) is 0. The van der Waals surface area contributed by atoms with Gasteiger partial charge in [0.1, 0.15) is 18.3 Å². The van der Waals surface area contributed by atoms with E-state index in [1.807, 2.05) is 39.6 Å². The fourth-order valence-corrected chi connectivity index (χ4v) is 5.41. The molecular formula is C27H22F3IN2O2. The Bertz CT molecular complexity index is 1460. The van der Waals surface area contributed by atoms with Gasteiger partial charge in [-0.2, -0.15) is 0 Å². The van der Waals surface area contributed by atoms with Gasteiger partial charge in [-0.3, -0.25) is 0 Å². The van der Waals surface area contributed by atoms with E-state index >= 15 is 0 Å². The second-order valence-corrected chi connectivity index (χ2v) is 10.7. The monoisotopic (exact) mass is 590 g/mol. The molecule has 1 saturated heterocycles. The molecule has 0 saturated carbocycles. The van der Waals surface area contributed by atoms with Gasteiger partial charge >= 0.3 is 0 Å². The van der Waals surface area contributed by atoms with E-state index in [4.69, 9.17) is 9.47 Å². The van der Waals surface area contributed by atoms with E-state index in [0.29, 0.717) is 29.1 Å². The predicted molar refractivity (Wildman–Crippen MR) is 137 cm³/mol. The first-order valence-corrected chi connectivity index (χ1v) is 12.4. The zero-order chi connectivity index (χ0) is 24.3. The highest BCUT2D eigenvalue weighted by atomic mass is 127. The maximum atomic E-state index is 14.2. The Morgan fingerprint density at radius 1 is 0.886 bits per heavy atom. The summed E-state index contributed by atoms with van der Waals surface area (Å²) < 4.78 is 54.1. The van der Waals surface area contributed by atoms with Crippen molar-refractivity contribution < 1.29 is 22.6 Å². The lowest BCUT2D eigenvalue weighted by Crippen LogP contribution is -2.54. The molecule has 0 bridgehead atoms. The number of rotatable bonds is 2. The molecule has 3 aromatic rings. The molecule has 8 heteroatoms. The number of ether oxygens (including phenoxy) is 2. The molecule has 0 spiro atoms. The van der Waals surface area contributed by atoms with Crippen molar-refractivity contribution in [3.63, 3.8) is 0 Å². The summed E-state index contributed by atoms with van der Waals surface area (Å²) in [5.41, 5.74) is 2.02. The van der Waals surface area contributed by atoms with Crippen molar-refractivity contribution in [1.29, 1.82) is 0 Å². The first-order valence-electron chi connectivity index (χ1n) is 11.3. The van der Waals surface area contributed by atoms with Gasteiger partial charge in [0, 0.05) is 45.1 Å². The van der Waals surface area contributed by atoms with Crippen LogP contribution in [0.4, 0.5) is 24.5 Å². The van der Waals surface area contributed by atoms with Crippen LogP contribution in [0.3, 0.4) is 0 Å². The van der Waals surface area contributed by atoms with Crippen LogP contribution in [0.1, 0.15) is 12.5 Å².